The van der Waals surface area contributed by atoms with E-state index in [1.54, 1.807) is 0 Å². The highest BCUT2D eigenvalue weighted by Gasteiger charge is 2.19. The van der Waals surface area contributed by atoms with E-state index in [2.05, 4.69) is 34.9 Å². The van der Waals surface area contributed by atoms with Crippen LogP contribution in [-0.4, -0.2) is 23.0 Å². The lowest BCUT2D eigenvalue weighted by atomic mass is 10.2. The van der Waals surface area contributed by atoms with E-state index in [0.29, 0.717) is 6.04 Å². The molecule has 1 atom stereocenters. The normalized spacial score (nSPS) is 21.3. The molecule has 0 saturated carbocycles. The van der Waals surface area contributed by atoms with Gasteiger partial charge in [0, 0.05) is 12.0 Å². The molecule has 1 saturated heterocycles. The third-order valence-corrected chi connectivity index (χ3v) is 3.01. The molecule has 1 fully saturated rings. The van der Waals surface area contributed by atoms with E-state index < -0.39 is 0 Å². The molecular formula is C12H14N2O. The molecule has 0 radical (unpaired) electrons. The molecule has 1 aliphatic rings. The van der Waals surface area contributed by atoms with Gasteiger partial charge in [0.2, 0.25) is 0 Å². The maximum absolute atomic E-state index is 5.40. The van der Waals surface area contributed by atoms with Crippen LogP contribution in [0.3, 0.4) is 0 Å². The Bertz CT molecular complexity index is 483. The first kappa shape index (κ1) is 8.92. The predicted octanol–water partition coefficient (Wildman–Crippen LogP) is 2.31. The minimum atomic E-state index is 0.421. The molecule has 2 aromatic rings. The summed E-state index contributed by atoms with van der Waals surface area (Å²) in [5.41, 5.74) is 2.51. The summed E-state index contributed by atoms with van der Waals surface area (Å²) < 4.78 is 7.51. The number of aromatic nitrogens is 2. The molecule has 0 aliphatic carbocycles. The lowest BCUT2D eigenvalue weighted by Gasteiger charge is -2.09. The Hall–Kier alpha value is -1.35. The van der Waals surface area contributed by atoms with Gasteiger partial charge in [0.1, 0.15) is 0 Å². The summed E-state index contributed by atoms with van der Waals surface area (Å²) in [6.07, 6.45) is 3.01. The van der Waals surface area contributed by atoms with Gasteiger partial charge in [-0.2, -0.15) is 5.10 Å². The Morgan fingerprint density at radius 1 is 1.47 bits per heavy atom. The molecule has 1 aliphatic heterocycles. The van der Waals surface area contributed by atoms with Crippen LogP contribution >= 0.6 is 0 Å². The summed E-state index contributed by atoms with van der Waals surface area (Å²) in [6.45, 7) is 3.77. The lowest BCUT2D eigenvalue weighted by molar-refractivity contribution is 0.185. The molecular weight excluding hydrogens is 188 g/mol. The maximum Gasteiger partial charge on any atom is 0.0781 e. The number of hydrogen-bond donors (Lipinski definition) is 0. The van der Waals surface area contributed by atoms with Crippen LogP contribution in [0.2, 0.25) is 0 Å². The second-order valence-electron chi connectivity index (χ2n) is 4.17. The van der Waals surface area contributed by atoms with Crippen LogP contribution in [0, 0.1) is 6.92 Å². The zero-order valence-corrected chi connectivity index (χ0v) is 8.81. The molecule has 15 heavy (non-hydrogen) atoms. The average Bonchev–Trinajstić information content (AvgIpc) is 2.83. The van der Waals surface area contributed by atoms with Gasteiger partial charge in [-0.3, -0.25) is 4.68 Å². The van der Waals surface area contributed by atoms with Crippen molar-refractivity contribution in [2.45, 2.75) is 19.4 Å². The van der Waals surface area contributed by atoms with E-state index >= 15 is 0 Å². The minimum Gasteiger partial charge on any atom is -0.379 e. The smallest absolute Gasteiger partial charge is 0.0781 e. The Morgan fingerprint density at radius 3 is 3.20 bits per heavy atom. The summed E-state index contributed by atoms with van der Waals surface area (Å²) >= 11 is 0. The first-order valence-electron chi connectivity index (χ1n) is 5.36. The molecule has 78 valence electrons. The zero-order valence-electron chi connectivity index (χ0n) is 8.81. The Kier molecular flexibility index (Phi) is 1.99. The third kappa shape index (κ3) is 1.43. The van der Waals surface area contributed by atoms with Gasteiger partial charge in [0.25, 0.3) is 0 Å². The number of ether oxygens (including phenoxy) is 1. The Labute approximate surface area is 88.7 Å². The maximum atomic E-state index is 5.40. The monoisotopic (exact) mass is 202 g/mol. The molecule has 1 unspecified atom stereocenters. The van der Waals surface area contributed by atoms with Gasteiger partial charge in [-0.25, -0.2) is 0 Å². The molecule has 0 amide bonds. The van der Waals surface area contributed by atoms with Gasteiger partial charge >= 0.3 is 0 Å². The van der Waals surface area contributed by atoms with Gasteiger partial charge in [-0.15, -0.1) is 0 Å². The van der Waals surface area contributed by atoms with Crippen molar-refractivity contribution in [3.05, 3.63) is 30.0 Å². The number of rotatable bonds is 1. The molecule has 2 heterocycles. The van der Waals surface area contributed by atoms with E-state index in [-0.39, 0.29) is 0 Å². The minimum absolute atomic E-state index is 0.421. The largest absolute Gasteiger partial charge is 0.379 e. The van der Waals surface area contributed by atoms with Crippen LogP contribution in [0.25, 0.3) is 10.9 Å². The zero-order chi connectivity index (χ0) is 10.3. The van der Waals surface area contributed by atoms with Crippen molar-refractivity contribution in [1.29, 1.82) is 0 Å². The van der Waals surface area contributed by atoms with Crippen molar-refractivity contribution in [2.24, 2.45) is 0 Å². The fourth-order valence-corrected chi connectivity index (χ4v) is 2.15. The Morgan fingerprint density at radius 2 is 2.40 bits per heavy atom. The number of benzene rings is 1. The Balaban J connectivity index is 2.13. The highest BCUT2D eigenvalue weighted by atomic mass is 16.5. The molecule has 1 aromatic carbocycles. The van der Waals surface area contributed by atoms with Crippen molar-refractivity contribution < 1.29 is 4.74 Å². The van der Waals surface area contributed by atoms with E-state index in [1.807, 2.05) is 6.20 Å². The second-order valence-corrected chi connectivity index (χ2v) is 4.17. The molecule has 3 nitrogen and oxygen atoms in total. The first-order valence-corrected chi connectivity index (χ1v) is 5.36. The third-order valence-electron chi connectivity index (χ3n) is 3.01. The van der Waals surface area contributed by atoms with Gasteiger partial charge in [-0.05, 0) is 25.0 Å². The highest BCUT2D eigenvalue weighted by molar-refractivity contribution is 5.79. The van der Waals surface area contributed by atoms with Gasteiger partial charge in [0.05, 0.1) is 24.4 Å². The SMILES string of the molecule is Cc1ccc2cnn(C3CCOC3)c2c1. The van der Waals surface area contributed by atoms with Crippen LogP contribution < -0.4 is 0 Å². The first-order chi connectivity index (χ1) is 7.34. The summed E-state index contributed by atoms with van der Waals surface area (Å²) in [4.78, 5) is 0. The molecule has 0 spiro atoms. The molecule has 1 aromatic heterocycles. The predicted molar refractivity (Wildman–Crippen MR) is 58.9 cm³/mol. The molecule has 3 rings (SSSR count). The quantitative estimate of drug-likeness (QED) is 0.709. The number of nitrogens with zero attached hydrogens (tertiary/aromatic N) is 2. The van der Waals surface area contributed by atoms with E-state index in [4.69, 9.17) is 4.74 Å². The van der Waals surface area contributed by atoms with Crippen molar-refractivity contribution in [2.75, 3.05) is 13.2 Å². The van der Waals surface area contributed by atoms with Crippen LogP contribution in [0.5, 0.6) is 0 Å². The van der Waals surface area contributed by atoms with Gasteiger partial charge in [-0.1, -0.05) is 12.1 Å². The average molecular weight is 202 g/mol. The van der Waals surface area contributed by atoms with Crippen molar-refractivity contribution in [3.63, 3.8) is 0 Å². The second kappa shape index (κ2) is 3.35. The molecule has 0 bridgehead atoms. The number of hydrogen-bond acceptors (Lipinski definition) is 2. The lowest BCUT2D eigenvalue weighted by Crippen LogP contribution is -2.09. The number of fused-ring (bicyclic) bond motifs is 1. The van der Waals surface area contributed by atoms with E-state index in [1.165, 1.54) is 16.5 Å². The fraction of sp³-hybridized carbons (Fsp3) is 0.417. The van der Waals surface area contributed by atoms with E-state index in [0.717, 1.165) is 19.6 Å². The standard InChI is InChI=1S/C12H14N2O/c1-9-2-3-10-7-13-14(12(10)6-9)11-4-5-15-8-11/h2-3,6-7,11H,4-5,8H2,1H3. The number of aryl methyl sites for hydroxylation is 1. The highest BCUT2D eigenvalue weighted by Crippen LogP contribution is 2.24. The topological polar surface area (TPSA) is 27.1 Å². The fourth-order valence-electron chi connectivity index (χ4n) is 2.15. The summed E-state index contributed by atoms with van der Waals surface area (Å²) in [5, 5.41) is 5.67. The van der Waals surface area contributed by atoms with Crippen LogP contribution in [0.1, 0.15) is 18.0 Å². The van der Waals surface area contributed by atoms with Crippen molar-refractivity contribution >= 4 is 10.9 Å². The van der Waals surface area contributed by atoms with Crippen LogP contribution in [0.15, 0.2) is 24.4 Å². The van der Waals surface area contributed by atoms with Crippen molar-refractivity contribution in [3.8, 4) is 0 Å². The van der Waals surface area contributed by atoms with Crippen LogP contribution in [0.4, 0.5) is 0 Å². The molecule has 3 heteroatoms. The summed E-state index contributed by atoms with van der Waals surface area (Å²) in [6, 6.07) is 6.87. The van der Waals surface area contributed by atoms with Gasteiger partial charge in [0.15, 0.2) is 0 Å². The van der Waals surface area contributed by atoms with E-state index in [9.17, 15) is 0 Å². The van der Waals surface area contributed by atoms with Crippen LogP contribution in [-0.2, 0) is 4.74 Å². The summed E-state index contributed by atoms with van der Waals surface area (Å²) in [7, 11) is 0. The van der Waals surface area contributed by atoms with Crippen molar-refractivity contribution in [1.82, 2.24) is 9.78 Å². The van der Waals surface area contributed by atoms with Gasteiger partial charge < -0.3 is 4.74 Å². The molecule has 0 N–H and O–H groups in total. The summed E-state index contributed by atoms with van der Waals surface area (Å²) in [5.74, 6) is 0.